The van der Waals surface area contributed by atoms with Crippen LogP contribution in [0.2, 0.25) is 0 Å². The van der Waals surface area contributed by atoms with Gasteiger partial charge in [0.2, 0.25) is 0 Å². The number of alkyl halides is 1. The summed E-state index contributed by atoms with van der Waals surface area (Å²) in [6, 6.07) is 0. The van der Waals surface area contributed by atoms with Crippen molar-refractivity contribution in [2.45, 2.75) is 97.7 Å². The zero-order chi connectivity index (χ0) is 20.3. The molecule has 4 unspecified atom stereocenters. The van der Waals surface area contributed by atoms with Gasteiger partial charge in [-0.1, -0.05) is 56.7 Å². The number of aliphatic hydroxyl groups excluding tert-OH is 2. The van der Waals surface area contributed by atoms with Crippen LogP contribution in [0.3, 0.4) is 0 Å². The minimum Gasteiger partial charge on any atom is -0.393 e. The zero-order valence-electron chi connectivity index (χ0n) is 18.5. The van der Waals surface area contributed by atoms with E-state index in [0.717, 1.165) is 31.1 Å². The molecule has 4 rings (SSSR count). The van der Waals surface area contributed by atoms with Gasteiger partial charge < -0.3 is 10.2 Å². The second kappa shape index (κ2) is 7.97. The third-order valence-corrected chi connectivity index (χ3v) is 11.3. The average Bonchev–Trinajstić information content (AvgIpc) is 3.01. The van der Waals surface area contributed by atoms with Gasteiger partial charge in [0.25, 0.3) is 0 Å². The van der Waals surface area contributed by atoms with Crippen LogP contribution in [0.1, 0.15) is 85.5 Å². The number of rotatable bonds is 4. The lowest BCUT2D eigenvalue weighted by atomic mass is 9.41. The lowest BCUT2D eigenvalue weighted by Gasteiger charge is -2.64. The van der Waals surface area contributed by atoms with Crippen LogP contribution in [0, 0.1) is 52.3 Å². The molecule has 0 saturated heterocycles. The molecule has 162 valence electrons. The topological polar surface area (TPSA) is 40.5 Å². The van der Waals surface area contributed by atoms with Crippen molar-refractivity contribution in [3.8, 4) is 0 Å². The molecule has 0 bridgehead atoms. The van der Waals surface area contributed by atoms with E-state index in [4.69, 9.17) is 0 Å². The summed E-state index contributed by atoms with van der Waals surface area (Å²) >= 11 is 2.55. The summed E-state index contributed by atoms with van der Waals surface area (Å²) in [6.07, 6.45) is 10.6. The Balaban J connectivity index is 1.67. The number of halogens is 1. The van der Waals surface area contributed by atoms with E-state index in [2.05, 4.69) is 50.3 Å². The normalized spacial score (nSPS) is 54.5. The van der Waals surface area contributed by atoms with Gasteiger partial charge >= 0.3 is 0 Å². The van der Waals surface area contributed by atoms with Crippen molar-refractivity contribution >= 4 is 22.6 Å². The van der Waals surface area contributed by atoms with Crippen molar-refractivity contribution < 1.29 is 10.2 Å². The Hall–Kier alpha value is 0.650. The largest absolute Gasteiger partial charge is 0.393 e. The molecule has 0 heterocycles. The van der Waals surface area contributed by atoms with Gasteiger partial charge in [0, 0.05) is 0 Å². The van der Waals surface area contributed by atoms with Crippen LogP contribution in [-0.4, -0.2) is 26.8 Å². The molecule has 0 radical (unpaired) electrons. The molecule has 4 aliphatic carbocycles. The van der Waals surface area contributed by atoms with E-state index in [1.807, 2.05) is 0 Å². The first-order valence-electron chi connectivity index (χ1n) is 12.2. The minimum atomic E-state index is -0.151. The summed E-state index contributed by atoms with van der Waals surface area (Å²) in [5, 5.41) is 22.1. The predicted molar refractivity (Wildman–Crippen MR) is 124 cm³/mol. The molecule has 28 heavy (non-hydrogen) atoms. The van der Waals surface area contributed by atoms with Gasteiger partial charge in [-0.2, -0.15) is 0 Å². The van der Waals surface area contributed by atoms with Crippen molar-refractivity contribution in [3.63, 3.8) is 0 Å². The summed E-state index contributed by atoms with van der Waals surface area (Å²) in [5.41, 5.74) is 0.764. The van der Waals surface area contributed by atoms with Crippen LogP contribution in [0.5, 0.6) is 0 Å². The van der Waals surface area contributed by atoms with Gasteiger partial charge in [0.05, 0.1) is 12.2 Å². The Morgan fingerprint density at radius 3 is 2.32 bits per heavy atom. The van der Waals surface area contributed by atoms with Crippen molar-refractivity contribution in [2.24, 2.45) is 52.3 Å². The van der Waals surface area contributed by atoms with Crippen LogP contribution in [0.25, 0.3) is 0 Å². The molecule has 0 aromatic heterocycles. The Kier molecular flexibility index (Phi) is 6.22. The third-order valence-electron chi connectivity index (χ3n) is 10.7. The van der Waals surface area contributed by atoms with E-state index >= 15 is 0 Å². The summed E-state index contributed by atoms with van der Waals surface area (Å²) in [6.45, 7) is 9.91. The number of aliphatic hydroxyl groups is 2. The third kappa shape index (κ3) is 3.15. The molecule has 4 saturated carbocycles. The lowest BCUT2D eigenvalue weighted by molar-refractivity contribution is -0.203. The van der Waals surface area contributed by atoms with Gasteiger partial charge in [0.1, 0.15) is 0 Å². The fourth-order valence-electron chi connectivity index (χ4n) is 9.31. The highest BCUT2D eigenvalue weighted by molar-refractivity contribution is 14.1. The maximum Gasteiger partial charge on any atom is 0.0605 e. The van der Waals surface area contributed by atoms with Crippen LogP contribution < -0.4 is 0 Å². The summed E-state index contributed by atoms with van der Waals surface area (Å²) in [7, 11) is 0. The minimum absolute atomic E-state index is 0.144. The second-order valence-electron chi connectivity index (χ2n) is 11.6. The van der Waals surface area contributed by atoms with E-state index < -0.39 is 0 Å². The van der Waals surface area contributed by atoms with Gasteiger partial charge in [-0.25, -0.2) is 0 Å². The first-order chi connectivity index (χ1) is 13.3. The Labute approximate surface area is 186 Å². The van der Waals surface area contributed by atoms with Crippen molar-refractivity contribution in [1.82, 2.24) is 0 Å². The van der Waals surface area contributed by atoms with Crippen molar-refractivity contribution in [3.05, 3.63) is 0 Å². The number of fused-ring (bicyclic) bond motifs is 5. The summed E-state index contributed by atoms with van der Waals surface area (Å²) in [4.78, 5) is 0. The maximum atomic E-state index is 11.7. The summed E-state index contributed by atoms with van der Waals surface area (Å²) < 4.78 is 1.27. The second-order valence-corrected chi connectivity index (χ2v) is 12.7. The quantitative estimate of drug-likeness (QED) is 0.362. The molecule has 4 fully saturated rings. The van der Waals surface area contributed by atoms with Gasteiger partial charge in [-0.15, -0.1) is 0 Å². The molecule has 4 aliphatic rings. The molecule has 2 nitrogen and oxygen atoms in total. The SMILES string of the molecule is CC[C@@H]1C2C[C@H](O)CCC2(C)[C@H]2CCC3(C)[C@@H]([C@H](C)CCI)CC[C@H]3C2[C@@H]1O. The molecule has 0 aliphatic heterocycles. The maximum absolute atomic E-state index is 11.7. The molecule has 2 N–H and O–H groups in total. The fraction of sp³-hybridized carbons (Fsp3) is 1.00. The number of hydrogen-bond donors (Lipinski definition) is 2. The average molecular weight is 503 g/mol. The molecule has 3 heteroatoms. The standard InChI is InChI=1S/C25H43IO2/c1-5-17-21-14-16(27)8-11-25(21,4)20-9-12-24(3)18(15(2)10-13-26)6-7-19(24)22(20)23(17)28/h15-23,27-28H,5-14H2,1-4H3/t15-,16-,17-,18-,19+,20+,21?,22?,23-,24?,25?/m1/s1. The predicted octanol–water partition coefficient (Wildman–Crippen LogP) is 6.07. The van der Waals surface area contributed by atoms with E-state index in [0.29, 0.717) is 40.4 Å². The molecular weight excluding hydrogens is 459 g/mol. The Morgan fingerprint density at radius 1 is 0.964 bits per heavy atom. The zero-order valence-corrected chi connectivity index (χ0v) is 20.7. The van der Waals surface area contributed by atoms with Crippen molar-refractivity contribution in [1.29, 1.82) is 0 Å². The molecule has 0 aromatic carbocycles. The Morgan fingerprint density at radius 2 is 1.64 bits per heavy atom. The van der Waals surface area contributed by atoms with E-state index in [1.165, 1.54) is 43.0 Å². The fourth-order valence-corrected chi connectivity index (χ4v) is 10.3. The van der Waals surface area contributed by atoms with Gasteiger partial charge in [0.15, 0.2) is 0 Å². The highest BCUT2D eigenvalue weighted by Crippen LogP contribution is 2.69. The number of hydrogen-bond acceptors (Lipinski definition) is 2. The molecule has 0 aromatic rings. The monoisotopic (exact) mass is 502 g/mol. The first kappa shape index (κ1) is 21.9. The lowest BCUT2D eigenvalue weighted by Crippen LogP contribution is -2.62. The molecule has 0 amide bonds. The van der Waals surface area contributed by atoms with Crippen LogP contribution in [0.15, 0.2) is 0 Å². The molecule has 0 spiro atoms. The van der Waals surface area contributed by atoms with Crippen LogP contribution in [-0.2, 0) is 0 Å². The molecule has 11 atom stereocenters. The van der Waals surface area contributed by atoms with E-state index in [-0.39, 0.29) is 12.2 Å². The van der Waals surface area contributed by atoms with Gasteiger partial charge in [-0.3, -0.25) is 0 Å². The van der Waals surface area contributed by atoms with E-state index in [9.17, 15) is 10.2 Å². The van der Waals surface area contributed by atoms with Gasteiger partial charge in [-0.05, 0) is 108 Å². The highest BCUT2D eigenvalue weighted by Gasteiger charge is 2.64. The van der Waals surface area contributed by atoms with E-state index in [1.54, 1.807) is 0 Å². The first-order valence-corrected chi connectivity index (χ1v) is 13.7. The molecular formula is C25H43IO2. The smallest absolute Gasteiger partial charge is 0.0605 e. The summed E-state index contributed by atoms with van der Waals surface area (Å²) in [5.74, 6) is 4.43. The van der Waals surface area contributed by atoms with Crippen LogP contribution >= 0.6 is 22.6 Å². The highest BCUT2D eigenvalue weighted by atomic mass is 127. The van der Waals surface area contributed by atoms with Crippen LogP contribution in [0.4, 0.5) is 0 Å². The Bertz CT molecular complexity index is 567. The van der Waals surface area contributed by atoms with Crippen molar-refractivity contribution in [2.75, 3.05) is 4.43 Å².